The van der Waals surface area contributed by atoms with E-state index in [4.69, 9.17) is 4.74 Å². The number of hydrogen-bond acceptors (Lipinski definition) is 4. The Bertz CT molecular complexity index is 849. The molecule has 6 nitrogen and oxygen atoms in total. The van der Waals surface area contributed by atoms with E-state index in [1.54, 1.807) is 7.05 Å². The van der Waals surface area contributed by atoms with Gasteiger partial charge in [-0.1, -0.05) is 50.2 Å². The van der Waals surface area contributed by atoms with Crippen LogP contribution in [-0.4, -0.2) is 44.6 Å². The van der Waals surface area contributed by atoms with Crippen molar-refractivity contribution in [3.8, 4) is 5.75 Å². The predicted molar refractivity (Wildman–Crippen MR) is 114 cm³/mol. The first-order chi connectivity index (χ1) is 14.0. The summed E-state index contributed by atoms with van der Waals surface area (Å²) in [6.07, 6.45) is 0.146. The molecule has 2 N–H and O–H groups in total. The lowest BCUT2D eigenvalue weighted by Crippen LogP contribution is -2.50. The van der Waals surface area contributed by atoms with Gasteiger partial charge in [0.05, 0.1) is 18.8 Å². The molecule has 0 aromatic heterocycles. The van der Waals surface area contributed by atoms with Crippen LogP contribution in [0.5, 0.6) is 5.75 Å². The number of hydrogen-bond donors (Lipinski definition) is 2. The van der Waals surface area contributed by atoms with Crippen LogP contribution in [-0.2, 0) is 16.0 Å². The van der Waals surface area contributed by atoms with Gasteiger partial charge in [-0.05, 0) is 35.6 Å². The number of rotatable bonds is 7. The van der Waals surface area contributed by atoms with E-state index in [1.807, 2.05) is 29.2 Å². The van der Waals surface area contributed by atoms with Crippen molar-refractivity contribution in [3.05, 3.63) is 59.7 Å². The molecule has 0 saturated heterocycles. The van der Waals surface area contributed by atoms with Crippen LogP contribution in [0.1, 0.15) is 30.9 Å². The van der Waals surface area contributed by atoms with Gasteiger partial charge < -0.3 is 20.3 Å². The molecule has 0 radical (unpaired) electrons. The van der Waals surface area contributed by atoms with Crippen molar-refractivity contribution in [1.29, 1.82) is 0 Å². The number of carbonyl (C=O) groups is 2. The van der Waals surface area contributed by atoms with Crippen molar-refractivity contribution < 1.29 is 14.3 Å². The topological polar surface area (TPSA) is 70.7 Å². The van der Waals surface area contributed by atoms with Gasteiger partial charge >= 0.3 is 0 Å². The SMILES string of the molecule is CNC(=O)[C@@H]1CN(CC(=O)NCCc2ccc(C(C)C)cc2)c2ccccc2O1. The maximum absolute atomic E-state index is 12.5. The Hall–Kier alpha value is -3.02. The maximum Gasteiger partial charge on any atom is 0.262 e. The minimum atomic E-state index is -0.637. The summed E-state index contributed by atoms with van der Waals surface area (Å²) in [6.45, 7) is 5.44. The second-order valence-electron chi connectivity index (χ2n) is 7.57. The number of ether oxygens (including phenoxy) is 1. The maximum atomic E-state index is 12.5. The third-order valence-corrected chi connectivity index (χ3v) is 5.12. The number of fused-ring (bicyclic) bond motifs is 1. The summed E-state index contributed by atoms with van der Waals surface area (Å²) < 4.78 is 5.78. The van der Waals surface area contributed by atoms with Crippen molar-refractivity contribution in [3.63, 3.8) is 0 Å². The number of amides is 2. The normalized spacial score (nSPS) is 15.4. The molecule has 3 rings (SSSR count). The molecule has 2 aromatic rings. The van der Waals surface area contributed by atoms with Crippen LogP contribution < -0.4 is 20.3 Å². The third kappa shape index (κ3) is 5.28. The Morgan fingerprint density at radius 2 is 1.86 bits per heavy atom. The summed E-state index contributed by atoms with van der Waals surface area (Å²) in [4.78, 5) is 26.4. The number of para-hydroxylation sites is 2. The Morgan fingerprint density at radius 3 is 2.55 bits per heavy atom. The number of nitrogens with zero attached hydrogens (tertiary/aromatic N) is 1. The molecule has 0 spiro atoms. The van der Waals surface area contributed by atoms with Gasteiger partial charge in [-0.25, -0.2) is 0 Å². The van der Waals surface area contributed by atoms with Gasteiger partial charge in [0, 0.05) is 13.6 Å². The van der Waals surface area contributed by atoms with Gasteiger partial charge in [0.1, 0.15) is 5.75 Å². The molecule has 2 aromatic carbocycles. The van der Waals surface area contributed by atoms with E-state index < -0.39 is 6.10 Å². The number of carbonyl (C=O) groups excluding carboxylic acids is 2. The second kappa shape index (κ2) is 9.45. The molecule has 1 atom stereocenters. The molecule has 0 unspecified atom stereocenters. The van der Waals surface area contributed by atoms with Gasteiger partial charge in [-0.2, -0.15) is 0 Å². The number of nitrogens with one attached hydrogen (secondary N) is 2. The highest BCUT2D eigenvalue weighted by atomic mass is 16.5. The van der Waals surface area contributed by atoms with E-state index in [-0.39, 0.29) is 18.4 Å². The molecular formula is C23H29N3O3. The van der Waals surface area contributed by atoms with Crippen LogP contribution in [0.3, 0.4) is 0 Å². The largest absolute Gasteiger partial charge is 0.477 e. The molecule has 0 aliphatic carbocycles. The minimum Gasteiger partial charge on any atom is -0.477 e. The molecule has 0 fully saturated rings. The second-order valence-corrected chi connectivity index (χ2v) is 7.57. The van der Waals surface area contributed by atoms with Gasteiger partial charge in [-0.15, -0.1) is 0 Å². The van der Waals surface area contributed by atoms with E-state index in [2.05, 4.69) is 48.7 Å². The van der Waals surface area contributed by atoms with E-state index in [1.165, 1.54) is 11.1 Å². The molecule has 0 saturated carbocycles. The zero-order chi connectivity index (χ0) is 20.8. The predicted octanol–water partition coefficient (Wildman–Crippen LogP) is 2.48. The van der Waals surface area contributed by atoms with Gasteiger partial charge in [0.25, 0.3) is 5.91 Å². The van der Waals surface area contributed by atoms with Crippen LogP contribution in [0.15, 0.2) is 48.5 Å². The smallest absolute Gasteiger partial charge is 0.262 e. The molecule has 154 valence electrons. The molecule has 1 aliphatic rings. The fourth-order valence-electron chi connectivity index (χ4n) is 3.40. The van der Waals surface area contributed by atoms with Gasteiger partial charge in [-0.3, -0.25) is 9.59 Å². The summed E-state index contributed by atoms with van der Waals surface area (Å²) in [5, 5.41) is 5.59. The minimum absolute atomic E-state index is 0.0730. The summed E-state index contributed by atoms with van der Waals surface area (Å²) in [6, 6.07) is 16.0. The van der Waals surface area contributed by atoms with Crippen molar-refractivity contribution in [2.45, 2.75) is 32.3 Å². The van der Waals surface area contributed by atoms with Crippen LogP contribution in [0, 0.1) is 0 Å². The lowest BCUT2D eigenvalue weighted by Gasteiger charge is -2.35. The van der Waals surface area contributed by atoms with E-state index in [0.29, 0.717) is 24.8 Å². The van der Waals surface area contributed by atoms with E-state index in [0.717, 1.165) is 12.1 Å². The standard InChI is InChI=1S/C23H29N3O3/c1-16(2)18-10-8-17(9-11-18)12-13-25-22(27)15-26-14-21(23(28)24-3)29-20-7-5-4-6-19(20)26/h4-11,16,21H,12-15H2,1-3H3,(H,24,28)(H,25,27)/t21-/m0/s1. The first-order valence-electron chi connectivity index (χ1n) is 10.1. The molecule has 0 bridgehead atoms. The zero-order valence-corrected chi connectivity index (χ0v) is 17.3. The van der Waals surface area contributed by atoms with Crippen LogP contribution in [0.4, 0.5) is 5.69 Å². The third-order valence-electron chi connectivity index (χ3n) is 5.12. The van der Waals surface area contributed by atoms with Crippen molar-refractivity contribution >= 4 is 17.5 Å². The zero-order valence-electron chi connectivity index (χ0n) is 17.3. The summed E-state index contributed by atoms with van der Waals surface area (Å²) in [7, 11) is 1.58. The molecule has 1 aliphatic heterocycles. The van der Waals surface area contributed by atoms with Crippen molar-refractivity contribution in [2.75, 3.05) is 31.6 Å². The Labute approximate surface area is 172 Å². The van der Waals surface area contributed by atoms with Crippen LogP contribution in [0.25, 0.3) is 0 Å². The molecular weight excluding hydrogens is 366 g/mol. The molecule has 2 amide bonds. The summed E-state index contributed by atoms with van der Waals surface area (Å²) >= 11 is 0. The first-order valence-corrected chi connectivity index (χ1v) is 10.1. The van der Waals surface area contributed by atoms with Gasteiger partial charge in [0.15, 0.2) is 6.10 Å². The quantitative estimate of drug-likeness (QED) is 0.756. The monoisotopic (exact) mass is 395 g/mol. The van der Waals surface area contributed by atoms with Gasteiger partial charge in [0.2, 0.25) is 5.91 Å². The Balaban J connectivity index is 1.56. The molecule has 29 heavy (non-hydrogen) atoms. The number of likely N-dealkylation sites (N-methyl/N-ethyl adjacent to an activating group) is 1. The highest BCUT2D eigenvalue weighted by molar-refractivity contribution is 5.86. The summed E-state index contributed by atoms with van der Waals surface area (Å²) in [5.41, 5.74) is 3.34. The van der Waals surface area contributed by atoms with E-state index in [9.17, 15) is 9.59 Å². The Morgan fingerprint density at radius 1 is 1.14 bits per heavy atom. The molecule has 6 heteroatoms. The van der Waals surface area contributed by atoms with Crippen LogP contribution in [0.2, 0.25) is 0 Å². The average molecular weight is 396 g/mol. The number of anilines is 1. The lowest BCUT2D eigenvalue weighted by atomic mass is 10.0. The lowest BCUT2D eigenvalue weighted by molar-refractivity contribution is -0.127. The number of benzene rings is 2. The highest BCUT2D eigenvalue weighted by Gasteiger charge is 2.30. The molecule has 1 heterocycles. The van der Waals surface area contributed by atoms with Crippen molar-refractivity contribution in [1.82, 2.24) is 10.6 Å². The highest BCUT2D eigenvalue weighted by Crippen LogP contribution is 2.32. The van der Waals surface area contributed by atoms with E-state index >= 15 is 0 Å². The average Bonchev–Trinajstić information content (AvgIpc) is 2.73. The first kappa shape index (κ1) is 20.7. The fourth-order valence-corrected chi connectivity index (χ4v) is 3.40. The Kier molecular flexibility index (Phi) is 6.75. The fraction of sp³-hybridized carbons (Fsp3) is 0.391. The van der Waals surface area contributed by atoms with Crippen LogP contribution >= 0.6 is 0 Å². The summed E-state index contributed by atoms with van der Waals surface area (Å²) in [5.74, 6) is 0.857. The van der Waals surface area contributed by atoms with Crippen molar-refractivity contribution in [2.24, 2.45) is 0 Å².